The van der Waals surface area contributed by atoms with Crippen LogP contribution in [-0.4, -0.2) is 28.6 Å². The number of aromatic nitrogens is 3. The first kappa shape index (κ1) is 15.9. The van der Waals surface area contributed by atoms with Gasteiger partial charge in [0.1, 0.15) is 11.5 Å². The second-order valence-electron chi connectivity index (χ2n) is 4.80. The van der Waals surface area contributed by atoms with E-state index in [4.69, 9.17) is 4.74 Å². The van der Waals surface area contributed by atoms with Crippen molar-refractivity contribution in [2.24, 2.45) is 0 Å². The number of nitrogens with one attached hydrogen (secondary N) is 1. The number of hydrogen-bond donors (Lipinski definition) is 1. The van der Waals surface area contributed by atoms with Crippen LogP contribution in [0, 0.1) is 13.8 Å². The molecule has 6 heteroatoms. The minimum Gasteiger partial charge on any atom is -0.378 e. The standard InChI is InChI=1S/C15H19BrN4O/c1-5-17-14-12(16)11(8-21-4)19-15(20-14)13-10(3)6-9(2)7-18-13/h6-7H,5,8H2,1-4H3,(H,17,19,20). The summed E-state index contributed by atoms with van der Waals surface area (Å²) >= 11 is 3.53. The molecule has 0 aliphatic heterocycles. The minimum absolute atomic E-state index is 0.416. The van der Waals surface area contributed by atoms with Gasteiger partial charge in [0.2, 0.25) is 0 Å². The Morgan fingerprint density at radius 1 is 1.29 bits per heavy atom. The van der Waals surface area contributed by atoms with Gasteiger partial charge in [0.25, 0.3) is 0 Å². The van der Waals surface area contributed by atoms with Crippen LogP contribution in [0.25, 0.3) is 11.5 Å². The number of anilines is 1. The largest absolute Gasteiger partial charge is 0.378 e. The zero-order valence-electron chi connectivity index (χ0n) is 12.7. The van der Waals surface area contributed by atoms with Gasteiger partial charge in [0.05, 0.1) is 16.8 Å². The van der Waals surface area contributed by atoms with E-state index in [-0.39, 0.29) is 0 Å². The van der Waals surface area contributed by atoms with Crippen molar-refractivity contribution in [1.82, 2.24) is 15.0 Å². The van der Waals surface area contributed by atoms with E-state index in [0.29, 0.717) is 12.4 Å². The first-order valence-electron chi connectivity index (χ1n) is 6.79. The van der Waals surface area contributed by atoms with E-state index in [0.717, 1.165) is 39.4 Å². The molecule has 0 atom stereocenters. The number of rotatable bonds is 5. The summed E-state index contributed by atoms with van der Waals surface area (Å²) in [4.78, 5) is 13.6. The maximum atomic E-state index is 5.21. The van der Waals surface area contributed by atoms with E-state index in [9.17, 15) is 0 Å². The Bertz CT molecular complexity index is 619. The predicted molar refractivity (Wildman–Crippen MR) is 87.3 cm³/mol. The van der Waals surface area contributed by atoms with Crippen LogP contribution < -0.4 is 5.32 Å². The van der Waals surface area contributed by atoms with E-state index < -0.39 is 0 Å². The van der Waals surface area contributed by atoms with Crippen LogP contribution in [0.1, 0.15) is 23.7 Å². The average Bonchev–Trinajstić information content (AvgIpc) is 2.43. The van der Waals surface area contributed by atoms with Gasteiger partial charge in [0.15, 0.2) is 5.82 Å². The fourth-order valence-electron chi connectivity index (χ4n) is 2.07. The molecule has 0 radical (unpaired) electrons. The molecule has 21 heavy (non-hydrogen) atoms. The molecule has 2 aromatic heterocycles. The molecule has 0 aromatic carbocycles. The van der Waals surface area contributed by atoms with Gasteiger partial charge in [-0.3, -0.25) is 4.98 Å². The Hall–Kier alpha value is -1.53. The Kier molecular flexibility index (Phi) is 5.25. The van der Waals surface area contributed by atoms with Crippen molar-refractivity contribution >= 4 is 21.7 Å². The van der Waals surface area contributed by atoms with E-state index in [1.54, 1.807) is 7.11 Å². The SMILES string of the molecule is CCNc1nc(-c2ncc(C)cc2C)nc(COC)c1Br. The molecule has 0 fully saturated rings. The van der Waals surface area contributed by atoms with Crippen LogP contribution in [0.15, 0.2) is 16.7 Å². The Morgan fingerprint density at radius 2 is 2.05 bits per heavy atom. The highest BCUT2D eigenvalue weighted by molar-refractivity contribution is 9.10. The monoisotopic (exact) mass is 350 g/mol. The lowest BCUT2D eigenvalue weighted by atomic mass is 10.1. The van der Waals surface area contributed by atoms with E-state index in [1.807, 2.05) is 27.0 Å². The highest BCUT2D eigenvalue weighted by Gasteiger charge is 2.15. The first-order chi connectivity index (χ1) is 10.1. The highest BCUT2D eigenvalue weighted by Crippen LogP contribution is 2.28. The molecular formula is C15H19BrN4O. The van der Waals surface area contributed by atoms with Gasteiger partial charge in [-0.05, 0) is 47.8 Å². The van der Waals surface area contributed by atoms with Crippen molar-refractivity contribution in [3.05, 3.63) is 33.6 Å². The molecule has 0 saturated heterocycles. The molecule has 0 aliphatic carbocycles. The molecule has 2 aromatic rings. The highest BCUT2D eigenvalue weighted by atomic mass is 79.9. The average molecular weight is 351 g/mol. The van der Waals surface area contributed by atoms with Crippen molar-refractivity contribution in [1.29, 1.82) is 0 Å². The summed E-state index contributed by atoms with van der Waals surface area (Å²) in [7, 11) is 1.65. The second-order valence-corrected chi connectivity index (χ2v) is 5.59. The summed E-state index contributed by atoms with van der Waals surface area (Å²) in [5.74, 6) is 1.37. The van der Waals surface area contributed by atoms with Gasteiger partial charge < -0.3 is 10.1 Å². The lowest BCUT2D eigenvalue weighted by Gasteiger charge is -2.12. The minimum atomic E-state index is 0.416. The number of methoxy groups -OCH3 is 1. The fourth-order valence-corrected chi connectivity index (χ4v) is 2.50. The molecule has 0 aliphatic rings. The number of aryl methyl sites for hydroxylation is 2. The molecule has 0 amide bonds. The summed E-state index contributed by atoms with van der Waals surface area (Å²) in [6.45, 7) is 7.26. The van der Waals surface area contributed by atoms with Gasteiger partial charge in [-0.15, -0.1) is 0 Å². The van der Waals surface area contributed by atoms with Gasteiger partial charge in [-0.2, -0.15) is 0 Å². The molecule has 2 heterocycles. The Balaban J connectivity index is 2.56. The van der Waals surface area contributed by atoms with Crippen LogP contribution in [0.3, 0.4) is 0 Å². The first-order valence-corrected chi connectivity index (χ1v) is 7.59. The normalized spacial score (nSPS) is 10.7. The molecule has 2 rings (SSSR count). The number of halogens is 1. The van der Waals surface area contributed by atoms with Gasteiger partial charge >= 0.3 is 0 Å². The van der Waals surface area contributed by atoms with Crippen molar-refractivity contribution < 1.29 is 4.74 Å². The number of ether oxygens (including phenoxy) is 1. The van der Waals surface area contributed by atoms with Crippen LogP contribution in [0.5, 0.6) is 0 Å². The molecule has 5 nitrogen and oxygen atoms in total. The van der Waals surface area contributed by atoms with Crippen molar-refractivity contribution in [2.75, 3.05) is 19.0 Å². The molecule has 0 saturated carbocycles. The van der Waals surface area contributed by atoms with Crippen molar-refractivity contribution in [3.63, 3.8) is 0 Å². The maximum absolute atomic E-state index is 5.21. The van der Waals surface area contributed by atoms with Gasteiger partial charge in [0, 0.05) is 19.9 Å². The van der Waals surface area contributed by atoms with Crippen molar-refractivity contribution in [2.45, 2.75) is 27.4 Å². The summed E-state index contributed by atoms with van der Waals surface area (Å²) in [6.07, 6.45) is 1.83. The maximum Gasteiger partial charge on any atom is 0.180 e. The van der Waals surface area contributed by atoms with Crippen LogP contribution in [0.2, 0.25) is 0 Å². The number of nitrogens with zero attached hydrogens (tertiary/aromatic N) is 3. The lowest BCUT2D eigenvalue weighted by molar-refractivity contribution is 0.181. The smallest absolute Gasteiger partial charge is 0.180 e. The van der Waals surface area contributed by atoms with E-state index >= 15 is 0 Å². The molecule has 112 valence electrons. The lowest BCUT2D eigenvalue weighted by Crippen LogP contribution is -2.08. The summed E-state index contributed by atoms with van der Waals surface area (Å²) in [5.41, 5.74) is 3.78. The molecule has 0 unspecified atom stereocenters. The van der Waals surface area contributed by atoms with Crippen LogP contribution in [-0.2, 0) is 11.3 Å². The molecule has 0 bridgehead atoms. The van der Waals surface area contributed by atoms with Crippen LogP contribution in [0.4, 0.5) is 5.82 Å². The quantitative estimate of drug-likeness (QED) is 0.894. The Morgan fingerprint density at radius 3 is 2.67 bits per heavy atom. The summed E-state index contributed by atoms with van der Waals surface area (Å²) in [5, 5.41) is 3.23. The Labute approximate surface area is 133 Å². The zero-order chi connectivity index (χ0) is 15.4. The zero-order valence-corrected chi connectivity index (χ0v) is 14.3. The predicted octanol–water partition coefficient (Wildman–Crippen LogP) is 3.50. The summed E-state index contributed by atoms with van der Waals surface area (Å²) < 4.78 is 6.05. The third kappa shape index (κ3) is 3.57. The molecule has 0 spiro atoms. The van der Waals surface area contributed by atoms with E-state index in [1.165, 1.54) is 0 Å². The third-order valence-corrected chi connectivity index (χ3v) is 3.81. The fraction of sp³-hybridized carbons (Fsp3) is 0.400. The van der Waals surface area contributed by atoms with E-state index in [2.05, 4.69) is 42.3 Å². The van der Waals surface area contributed by atoms with Crippen LogP contribution >= 0.6 is 15.9 Å². The topological polar surface area (TPSA) is 59.9 Å². The summed E-state index contributed by atoms with van der Waals surface area (Å²) in [6, 6.07) is 2.08. The van der Waals surface area contributed by atoms with Gasteiger partial charge in [-0.25, -0.2) is 9.97 Å². The van der Waals surface area contributed by atoms with Crippen molar-refractivity contribution in [3.8, 4) is 11.5 Å². The molecular weight excluding hydrogens is 332 g/mol. The number of hydrogen-bond acceptors (Lipinski definition) is 5. The molecule has 1 N–H and O–H groups in total. The second kappa shape index (κ2) is 6.95. The number of pyridine rings is 1. The third-order valence-electron chi connectivity index (χ3n) is 2.97. The van der Waals surface area contributed by atoms with Gasteiger partial charge in [-0.1, -0.05) is 6.07 Å².